The van der Waals surface area contributed by atoms with Gasteiger partial charge in [-0.3, -0.25) is 4.79 Å². The smallest absolute Gasteiger partial charge is 0.224 e. The molecule has 1 fully saturated rings. The monoisotopic (exact) mass is 540 g/mol. The molecule has 1 aliphatic rings. The largest absolute Gasteiger partial charge is 0.496 e. The summed E-state index contributed by atoms with van der Waals surface area (Å²) in [7, 11) is 3.42. The summed E-state index contributed by atoms with van der Waals surface area (Å²) in [6, 6.07) is 24.4. The van der Waals surface area contributed by atoms with E-state index in [-0.39, 0.29) is 17.9 Å². The van der Waals surface area contributed by atoms with Crippen molar-refractivity contribution >= 4 is 16.9 Å². The number of hydrogen-bond donors (Lipinski definition) is 1. The van der Waals surface area contributed by atoms with E-state index in [9.17, 15) is 4.79 Å². The summed E-state index contributed by atoms with van der Waals surface area (Å²) in [5, 5.41) is 0. The maximum Gasteiger partial charge on any atom is 0.224 e. The zero-order valence-corrected chi connectivity index (χ0v) is 23.6. The first-order valence-electron chi connectivity index (χ1n) is 14.3. The molecule has 1 aromatic heterocycles. The van der Waals surface area contributed by atoms with Crippen LogP contribution in [0.25, 0.3) is 22.2 Å². The third kappa shape index (κ3) is 6.37. The molecule has 1 aliphatic heterocycles. The highest BCUT2D eigenvalue weighted by molar-refractivity contribution is 5.78. The molecular weight excluding hydrogens is 500 g/mol. The van der Waals surface area contributed by atoms with Crippen LogP contribution in [0.15, 0.2) is 72.8 Å². The number of carbonyl (C=O) groups excluding carboxylic acids is 1. The van der Waals surface area contributed by atoms with Gasteiger partial charge in [0, 0.05) is 57.3 Å². The lowest BCUT2D eigenvalue weighted by Crippen LogP contribution is -2.42. The highest BCUT2D eigenvalue weighted by Crippen LogP contribution is 2.31. The number of likely N-dealkylation sites (tertiary alicyclic amines) is 1. The number of nitrogens with two attached hydrogens (primary N) is 1. The van der Waals surface area contributed by atoms with Crippen LogP contribution in [0.1, 0.15) is 43.0 Å². The minimum atomic E-state index is -0.233. The number of aryl methyl sites for hydroxylation is 1. The Morgan fingerprint density at radius 3 is 2.62 bits per heavy atom. The lowest BCUT2D eigenvalue weighted by Gasteiger charge is -2.33. The van der Waals surface area contributed by atoms with Crippen molar-refractivity contribution in [3.63, 3.8) is 0 Å². The second kappa shape index (κ2) is 13.1. The molecule has 1 saturated heterocycles. The number of aromatic nitrogens is 2. The van der Waals surface area contributed by atoms with E-state index >= 15 is 0 Å². The number of ether oxygens (including phenoxy) is 2. The second-order valence-corrected chi connectivity index (χ2v) is 10.7. The van der Waals surface area contributed by atoms with E-state index in [4.69, 9.17) is 20.2 Å². The summed E-state index contributed by atoms with van der Waals surface area (Å²) in [5.74, 6) is 2.27. The van der Waals surface area contributed by atoms with Crippen LogP contribution >= 0.6 is 0 Å². The Labute approximate surface area is 236 Å². The average Bonchev–Trinajstić information content (AvgIpc) is 3.36. The van der Waals surface area contributed by atoms with E-state index in [0.29, 0.717) is 26.0 Å². The molecule has 1 amide bonds. The predicted octanol–water partition coefficient (Wildman–Crippen LogP) is 5.41. The Kier molecular flexibility index (Phi) is 9.14. The minimum Gasteiger partial charge on any atom is -0.496 e. The van der Waals surface area contributed by atoms with Crippen molar-refractivity contribution < 1.29 is 14.3 Å². The van der Waals surface area contributed by atoms with E-state index in [2.05, 4.69) is 53.1 Å². The summed E-state index contributed by atoms with van der Waals surface area (Å²) >= 11 is 0. The zero-order chi connectivity index (χ0) is 27.9. The molecule has 0 spiro atoms. The Balaban J connectivity index is 1.21. The van der Waals surface area contributed by atoms with Gasteiger partial charge in [0.15, 0.2) is 0 Å². The minimum absolute atomic E-state index is 0.130. The molecule has 0 aliphatic carbocycles. The number of hydrogen-bond acceptors (Lipinski definition) is 5. The topological polar surface area (TPSA) is 82.6 Å². The number of rotatable bonds is 11. The molecule has 2 atom stereocenters. The second-order valence-electron chi connectivity index (χ2n) is 10.7. The molecule has 0 radical (unpaired) electrons. The Morgan fingerprint density at radius 1 is 1.05 bits per heavy atom. The number of imidazole rings is 1. The Hall–Kier alpha value is -3.68. The van der Waals surface area contributed by atoms with E-state index < -0.39 is 0 Å². The highest BCUT2D eigenvalue weighted by Gasteiger charge is 2.29. The molecule has 5 rings (SSSR count). The van der Waals surface area contributed by atoms with Gasteiger partial charge in [0.1, 0.15) is 11.6 Å². The fraction of sp³-hybridized carbons (Fsp3) is 0.394. The van der Waals surface area contributed by atoms with Gasteiger partial charge in [-0.1, -0.05) is 54.6 Å². The number of benzene rings is 3. The Morgan fingerprint density at radius 2 is 1.82 bits per heavy atom. The van der Waals surface area contributed by atoms with E-state index in [1.807, 2.05) is 29.2 Å². The molecule has 7 nitrogen and oxygen atoms in total. The SMILES string of the molecule is COCCCn1c(C2CCCN(C(=O)CC(N)Cc3ccc(-c4ccccc4OC)cc3)C2)nc2ccccc21. The van der Waals surface area contributed by atoms with Crippen LogP contribution in [-0.2, 0) is 22.5 Å². The van der Waals surface area contributed by atoms with Gasteiger partial charge in [0.05, 0.1) is 18.1 Å². The van der Waals surface area contributed by atoms with Crippen molar-refractivity contribution in [2.24, 2.45) is 5.73 Å². The number of nitrogens with zero attached hydrogens (tertiary/aromatic N) is 3. The number of carbonyl (C=O) groups is 1. The highest BCUT2D eigenvalue weighted by atomic mass is 16.5. The van der Waals surface area contributed by atoms with Crippen LogP contribution < -0.4 is 10.5 Å². The fourth-order valence-electron chi connectivity index (χ4n) is 5.85. The van der Waals surface area contributed by atoms with Crippen LogP contribution in [0.5, 0.6) is 5.75 Å². The van der Waals surface area contributed by atoms with Gasteiger partial charge in [-0.2, -0.15) is 0 Å². The van der Waals surface area contributed by atoms with Gasteiger partial charge in [-0.15, -0.1) is 0 Å². The first-order chi connectivity index (χ1) is 19.6. The number of amides is 1. The average molecular weight is 541 g/mol. The van der Waals surface area contributed by atoms with Crippen molar-refractivity contribution in [3.8, 4) is 16.9 Å². The number of piperidine rings is 1. The van der Waals surface area contributed by atoms with Crippen molar-refractivity contribution in [3.05, 3.63) is 84.2 Å². The first kappa shape index (κ1) is 27.9. The van der Waals surface area contributed by atoms with Crippen LogP contribution in [0, 0.1) is 0 Å². The normalized spacial score (nSPS) is 16.3. The summed E-state index contributed by atoms with van der Waals surface area (Å²) in [5.41, 5.74) is 11.9. The Bertz CT molecular complexity index is 1420. The molecule has 40 heavy (non-hydrogen) atoms. The molecular formula is C33H40N4O3. The number of para-hydroxylation sites is 3. The lowest BCUT2D eigenvalue weighted by atomic mass is 9.95. The van der Waals surface area contributed by atoms with E-state index in [0.717, 1.165) is 71.6 Å². The fourth-order valence-corrected chi connectivity index (χ4v) is 5.85. The molecule has 4 aromatic rings. The third-order valence-electron chi connectivity index (χ3n) is 7.86. The van der Waals surface area contributed by atoms with Crippen molar-refractivity contribution in [1.29, 1.82) is 0 Å². The van der Waals surface area contributed by atoms with E-state index in [1.54, 1.807) is 14.2 Å². The molecule has 7 heteroatoms. The summed E-state index contributed by atoms with van der Waals surface area (Å²) < 4.78 is 13.1. The van der Waals surface area contributed by atoms with Crippen molar-refractivity contribution in [1.82, 2.24) is 14.5 Å². The van der Waals surface area contributed by atoms with Gasteiger partial charge >= 0.3 is 0 Å². The van der Waals surface area contributed by atoms with Gasteiger partial charge in [0.2, 0.25) is 5.91 Å². The van der Waals surface area contributed by atoms with Crippen LogP contribution in [0.4, 0.5) is 0 Å². The van der Waals surface area contributed by atoms with E-state index in [1.165, 1.54) is 0 Å². The van der Waals surface area contributed by atoms with Crippen LogP contribution in [-0.4, -0.2) is 60.3 Å². The summed E-state index contributed by atoms with van der Waals surface area (Å²) in [6.45, 7) is 3.03. The first-order valence-corrected chi connectivity index (χ1v) is 14.3. The third-order valence-corrected chi connectivity index (χ3v) is 7.86. The molecule has 2 heterocycles. The predicted molar refractivity (Wildman–Crippen MR) is 160 cm³/mol. The maximum absolute atomic E-state index is 13.3. The van der Waals surface area contributed by atoms with Gasteiger partial charge in [-0.25, -0.2) is 4.98 Å². The quantitative estimate of drug-likeness (QED) is 0.257. The summed E-state index contributed by atoms with van der Waals surface area (Å²) in [6.07, 6.45) is 3.92. The van der Waals surface area contributed by atoms with Gasteiger partial charge < -0.3 is 24.7 Å². The molecule has 0 bridgehead atoms. The zero-order valence-electron chi connectivity index (χ0n) is 23.6. The van der Waals surface area contributed by atoms with Gasteiger partial charge in [-0.05, 0) is 55.0 Å². The number of fused-ring (bicyclic) bond motifs is 1. The van der Waals surface area contributed by atoms with Crippen molar-refractivity contribution in [2.45, 2.75) is 50.6 Å². The molecule has 210 valence electrons. The van der Waals surface area contributed by atoms with Crippen LogP contribution in [0.3, 0.4) is 0 Å². The molecule has 2 N–H and O–H groups in total. The number of methoxy groups -OCH3 is 2. The molecule has 3 aromatic carbocycles. The lowest BCUT2D eigenvalue weighted by molar-refractivity contribution is -0.132. The standard InChI is InChI=1S/C33H40N4O3/c1-39-20-8-19-37-30-12-5-4-11-29(30)35-33(37)26-9-7-18-36(23-26)32(38)22-27(34)21-24-14-16-25(17-15-24)28-10-3-6-13-31(28)40-2/h3-6,10-17,26-27H,7-9,18-23,34H2,1-2H3. The van der Waals surface area contributed by atoms with Crippen LogP contribution in [0.2, 0.25) is 0 Å². The molecule has 2 unspecified atom stereocenters. The summed E-state index contributed by atoms with van der Waals surface area (Å²) in [4.78, 5) is 20.4. The van der Waals surface area contributed by atoms with Crippen molar-refractivity contribution in [2.75, 3.05) is 33.9 Å². The molecule has 0 saturated carbocycles. The van der Waals surface area contributed by atoms with Gasteiger partial charge in [0.25, 0.3) is 0 Å². The maximum atomic E-state index is 13.3.